The van der Waals surface area contributed by atoms with E-state index in [9.17, 15) is 4.39 Å². The molecule has 1 saturated carbocycles. The first-order valence-electron chi connectivity index (χ1n) is 6.06. The number of nitrogens with one attached hydrogen (secondary N) is 1. The number of halogens is 1. The second-order valence-electron chi connectivity index (χ2n) is 4.81. The molecule has 3 heteroatoms. The molecule has 2 rings (SSSR count). The first-order valence-corrected chi connectivity index (χ1v) is 6.06. The summed E-state index contributed by atoms with van der Waals surface area (Å²) in [6.07, 6.45) is 7.00. The normalized spacial score (nSPS) is 24.9. The highest BCUT2D eigenvalue weighted by Crippen LogP contribution is 2.30. The van der Waals surface area contributed by atoms with Gasteiger partial charge in [-0.2, -0.15) is 0 Å². The summed E-state index contributed by atoms with van der Waals surface area (Å²) < 4.78 is 12.9. The molecular weight excluding hydrogens is 203 g/mol. The van der Waals surface area contributed by atoms with Gasteiger partial charge in [-0.05, 0) is 36.4 Å². The Morgan fingerprint density at radius 2 is 2.31 bits per heavy atom. The van der Waals surface area contributed by atoms with E-state index in [4.69, 9.17) is 0 Å². The minimum atomic E-state index is -0.256. The second kappa shape index (κ2) is 5.39. The fourth-order valence-corrected chi connectivity index (χ4v) is 2.48. The summed E-state index contributed by atoms with van der Waals surface area (Å²) in [5.74, 6) is 1.37. The van der Waals surface area contributed by atoms with Gasteiger partial charge in [0.2, 0.25) is 0 Å². The molecule has 0 aliphatic heterocycles. The van der Waals surface area contributed by atoms with Crippen molar-refractivity contribution in [2.24, 2.45) is 11.8 Å². The molecule has 1 aromatic rings. The molecule has 88 valence electrons. The smallest absolute Gasteiger partial charge is 0.141 e. The Labute approximate surface area is 96.3 Å². The Kier molecular flexibility index (Phi) is 3.88. The lowest BCUT2D eigenvalue weighted by Gasteiger charge is -2.15. The minimum Gasteiger partial charge on any atom is -0.312 e. The Morgan fingerprint density at radius 1 is 1.44 bits per heavy atom. The van der Waals surface area contributed by atoms with Crippen molar-refractivity contribution in [2.75, 3.05) is 6.54 Å². The topological polar surface area (TPSA) is 24.9 Å². The van der Waals surface area contributed by atoms with E-state index < -0.39 is 0 Å². The lowest BCUT2D eigenvalue weighted by Crippen LogP contribution is -2.24. The maximum Gasteiger partial charge on any atom is 0.141 e. The Hall–Kier alpha value is -0.960. The average molecular weight is 222 g/mol. The molecule has 0 spiro atoms. The molecule has 1 fully saturated rings. The number of hydrogen-bond acceptors (Lipinski definition) is 2. The zero-order valence-corrected chi connectivity index (χ0v) is 9.75. The van der Waals surface area contributed by atoms with Crippen molar-refractivity contribution < 1.29 is 4.39 Å². The van der Waals surface area contributed by atoms with Gasteiger partial charge in [0.05, 0.1) is 6.20 Å². The van der Waals surface area contributed by atoms with Crippen molar-refractivity contribution in [3.8, 4) is 0 Å². The largest absolute Gasteiger partial charge is 0.312 e. The molecule has 2 atom stereocenters. The highest BCUT2D eigenvalue weighted by Gasteiger charge is 2.22. The van der Waals surface area contributed by atoms with Crippen LogP contribution in [0.15, 0.2) is 18.5 Å². The highest BCUT2D eigenvalue weighted by molar-refractivity contribution is 5.09. The van der Waals surface area contributed by atoms with E-state index in [1.807, 2.05) is 0 Å². The predicted molar refractivity (Wildman–Crippen MR) is 62.4 cm³/mol. The zero-order valence-electron chi connectivity index (χ0n) is 9.75. The average Bonchev–Trinajstić information content (AvgIpc) is 2.65. The van der Waals surface area contributed by atoms with Crippen molar-refractivity contribution in [2.45, 2.75) is 32.7 Å². The molecule has 1 aliphatic carbocycles. The van der Waals surface area contributed by atoms with E-state index in [0.29, 0.717) is 6.54 Å². The van der Waals surface area contributed by atoms with E-state index in [-0.39, 0.29) is 5.82 Å². The zero-order chi connectivity index (χ0) is 11.4. The first kappa shape index (κ1) is 11.5. The molecule has 0 aromatic carbocycles. The molecule has 1 heterocycles. The van der Waals surface area contributed by atoms with Crippen LogP contribution in [0.25, 0.3) is 0 Å². The number of aromatic nitrogens is 1. The summed E-state index contributed by atoms with van der Waals surface area (Å²) >= 11 is 0. The molecule has 0 amide bonds. The van der Waals surface area contributed by atoms with Gasteiger partial charge in [-0.3, -0.25) is 4.98 Å². The third kappa shape index (κ3) is 3.01. The van der Waals surface area contributed by atoms with Crippen LogP contribution in [0.1, 0.15) is 31.7 Å². The van der Waals surface area contributed by atoms with E-state index >= 15 is 0 Å². The fourth-order valence-electron chi connectivity index (χ4n) is 2.48. The predicted octanol–water partition coefficient (Wildman–Crippen LogP) is 2.75. The van der Waals surface area contributed by atoms with Crippen LogP contribution in [0.4, 0.5) is 4.39 Å². The highest BCUT2D eigenvalue weighted by atomic mass is 19.1. The summed E-state index contributed by atoms with van der Waals surface area (Å²) in [7, 11) is 0. The van der Waals surface area contributed by atoms with Gasteiger partial charge in [0, 0.05) is 12.7 Å². The molecule has 2 unspecified atom stereocenters. The molecule has 16 heavy (non-hydrogen) atoms. The summed E-state index contributed by atoms with van der Waals surface area (Å²) in [5.41, 5.74) is 0.922. The van der Waals surface area contributed by atoms with Crippen LogP contribution in [0.5, 0.6) is 0 Å². The van der Waals surface area contributed by atoms with Crippen molar-refractivity contribution in [3.05, 3.63) is 29.8 Å². The van der Waals surface area contributed by atoms with Gasteiger partial charge in [0.15, 0.2) is 0 Å². The molecule has 1 aromatic heterocycles. The monoisotopic (exact) mass is 222 g/mol. The van der Waals surface area contributed by atoms with Gasteiger partial charge in [0.1, 0.15) is 5.82 Å². The first-order chi connectivity index (χ1) is 7.75. The van der Waals surface area contributed by atoms with Crippen molar-refractivity contribution >= 4 is 0 Å². The van der Waals surface area contributed by atoms with Crippen LogP contribution in [0, 0.1) is 17.7 Å². The lowest BCUT2D eigenvalue weighted by molar-refractivity contribution is 0.392. The standard InChI is InChI=1S/C13H19FN2/c1-10-3-2-4-12(10)8-15-6-11-5-13(14)9-16-7-11/h5,7,9-10,12,15H,2-4,6,8H2,1H3. The SMILES string of the molecule is CC1CCCC1CNCc1cncc(F)c1. The van der Waals surface area contributed by atoms with Gasteiger partial charge in [-0.25, -0.2) is 4.39 Å². The number of pyridine rings is 1. The molecule has 0 radical (unpaired) electrons. The maximum atomic E-state index is 12.9. The second-order valence-corrected chi connectivity index (χ2v) is 4.81. The molecule has 1 aliphatic rings. The van der Waals surface area contributed by atoms with Crippen molar-refractivity contribution in [1.82, 2.24) is 10.3 Å². The molecular formula is C13H19FN2. The van der Waals surface area contributed by atoms with Crippen LogP contribution in [-0.2, 0) is 6.54 Å². The van der Waals surface area contributed by atoms with E-state index in [1.165, 1.54) is 31.5 Å². The van der Waals surface area contributed by atoms with Gasteiger partial charge in [-0.15, -0.1) is 0 Å². The van der Waals surface area contributed by atoms with Gasteiger partial charge in [0.25, 0.3) is 0 Å². The van der Waals surface area contributed by atoms with Crippen molar-refractivity contribution in [3.63, 3.8) is 0 Å². The third-order valence-electron chi connectivity index (χ3n) is 3.54. The van der Waals surface area contributed by atoms with Crippen molar-refractivity contribution in [1.29, 1.82) is 0 Å². The number of nitrogens with zero attached hydrogens (tertiary/aromatic N) is 1. The number of hydrogen-bond donors (Lipinski definition) is 1. The molecule has 1 N–H and O–H groups in total. The van der Waals surface area contributed by atoms with E-state index in [2.05, 4.69) is 17.2 Å². The quantitative estimate of drug-likeness (QED) is 0.847. The number of rotatable bonds is 4. The Balaban J connectivity index is 1.75. The molecule has 0 saturated heterocycles. The molecule has 0 bridgehead atoms. The van der Waals surface area contributed by atoms with Gasteiger partial charge >= 0.3 is 0 Å². The van der Waals surface area contributed by atoms with Crippen LogP contribution < -0.4 is 5.32 Å². The van der Waals surface area contributed by atoms with Crippen LogP contribution in [0.2, 0.25) is 0 Å². The lowest BCUT2D eigenvalue weighted by atomic mass is 9.98. The summed E-state index contributed by atoms with van der Waals surface area (Å²) in [6, 6.07) is 1.54. The van der Waals surface area contributed by atoms with E-state index in [1.54, 1.807) is 6.20 Å². The summed E-state index contributed by atoms with van der Waals surface area (Å²) in [4.78, 5) is 3.83. The Morgan fingerprint density at radius 3 is 3.00 bits per heavy atom. The third-order valence-corrected chi connectivity index (χ3v) is 3.54. The van der Waals surface area contributed by atoms with Crippen LogP contribution in [-0.4, -0.2) is 11.5 Å². The maximum absolute atomic E-state index is 12.9. The van der Waals surface area contributed by atoms with Crippen LogP contribution >= 0.6 is 0 Å². The van der Waals surface area contributed by atoms with Crippen LogP contribution in [0.3, 0.4) is 0 Å². The molecule has 2 nitrogen and oxygen atoms in total. The fraction of sp³-hybridized carbons (Fsp3) is 0.615. The minimum absolute atomic E-state index is 0.256. The summed E-state index contributed by atoms with van der Waals surface area (Å²) in [5, 5.41) is 3.39. The van der Waals surface area contributed by atoms with Gasteiger partial charge < -0.3 is 5.32 Å². The van der Waals surface area contributed by atoms with Gasteiger partial charge in [-0.1, -0.05) is 19.8 Å². The Bertz CT molecular complexity index is 340. The summed E-state index contributed by atoms with van der Waals surface area (Å²) in [6.45, 7) is 4.08. The van der Waals surface area contributed by atoms with E-state index in [0.717, 1.165) is 23.9 Å².